The third kappa shape index (κ3) is 4.49. The Labute approximate surface area is 201 Å². The Morgan fingerprint density at radius 1 is 0.971 bits per heavy atom. The van der Waals surface area contributed by atoms with Crippen LogP contribution >= 0.6 is 11.3 Å². The lowest BCUT2D eigenvalue weighted by Crippen LogP contribution is -2.37. The lowest BCUT2D eigenvalue weighted by molar-refractivity contribution is 0.101. The zero-order valence-electron chi connectivity index (χ0n) is 19.1. The lowest BCUT2D eigenvalue weighted by atomic mass is 9.87. The summed E-state index contributed by atoms with van der Waals surface area (Å²) in [6.07, 6.45) is 0. The Kier molecular flexibility index (Phi) is 6.09. The molecule has 1 aromatic heterocycles. The van der Waals surface area contributed by atoms with Crippen molar-refractivity contribution in [3.8, 4) is 5.75 Å². The molecular weight excluding hydrogens is 474 g/mol. The number of rotatable bonds is 5. The van der Waals surface area contributed by atoms with Gasteiger partial charge in [0.05, 0.1) is 22.4 Å². The fraction of sp³-hybridized carbons (Fsp3) is 0.200. The average Bonchev–Trinajstić information content (AvgIpc) is 3.18. The largest absolute Gasteiger partial charge is 0.497 e. The predicted molar refractivity (Wildman–Crippen MR) is 132 cm³/mol. The van der Waals surface area contributed by atoms with E-state index in [1.807, 2.05) is 20.8 Å². The van der Waals surface area contributed by atoms with Crippen LogP contribution in [-0.4, -0.2) is 21.4 Å². The molecule has 3 aromatic carbocycles. The van der Waals surface area contributed by atoms with Gasteiger partial charge < -0.3 is 9.15 Å². The molecule has 4 rings (SSSR count). The molecule has 0 saturated heterocycles. The number of fused-ring (bicyclic) bond motifs is 1. The monoisotopic (exact) mass is 497 g/mol. The first kappa shape index (κ1) is 23.7. The number of ether oxygens (including phenoxy) is 1. The van der Waals surface area contributed by atoms with E-state index in [2.05, 4.69) is 0 Å². The SMILES string of the molecule is COc1ccc(C(=O)N(c2ccc3oc(=O)sc3c2)S(=O)(=O)c2ccc(C(C)(C)C)cc2)cc1. The van der Waals surface area contributed by atoms with Crippen molar-refractivity contribution in [1.82, 2.24) is 0 Å². The summed E-state index contributed by atoms with van der Waals surface area (Å²) < 4.78 is 39.0. The van der Waals surface area contributed by atoms with E-state index >= 15 is 0 Å². The fourth-order valence-electron chi connectivity index (χ4n) is 3.44. The van der Waals surface area contributed by atoms with Crippen molar-refractivity contribution >= 4 is 43.2 Å². The Morgan fingerprint density at radius 3 is 2.21 bits per heavy atom. The highest BCUT2D eigenvalue weighted by Crippen LogP contribution is 2.31. The molecule has 0 unspecified atom stereocenters. The summed E-state index contributed by atoms with van der Waals surface area (Å²) in [4.78, 5) is 24.7. The quantitative estimate of drug-likeness (QED) is 0.376. The van der Waals surface area contributed by atoms with Crippen molar-refractivity contribution in [3.63, 3.8) is 0 Å². The topological polar surface area (TPSA) is 93.9 Å². The molecule has 0 aliphatic rings. The third-order valence-electron chi connectivity index (χ3n) is 5.33. The van der Waals surface area contributed by atoms with Crippen LogP contribution in [-0.2, 0) is 15.4 Å². The van der Waals surface area contributed by atoms with Gasteiger partial charge in [-0.15, -0.1) is 0 Å². The minimum atomic E-state index is -4.29. The molecule has 0 bridgehead atoms. The normalized spacial score (nSPS) is 12.0. The number of methoxy groups -OCH3 is 1. The third-order valence-corrected chi connectivity index (χ3v) is 7.84. The van der Waals surface area contributed by atoms with Crippen LogP contribution in [0.1, 0.15) is 36.7 Å². The van der Waals surface area contributed by atoms with Gasteiger partial charge in [0.2, 0.25) is 0 Å². The van der Waals surface area contributed by atoms with Gasteiger partial charge in [0, 0.05) is 5.56 Å². The van der Waals surface area contributed by atoms with Gasteiger partial charge in [-0.2, -0.15) is 4.31 Å². The van der Waals surface area contributed by atoms with Crippen molar-refractivity contribution < 1.29 is 22.4 Å². The van der Waals surface area contributed by atoms with Crippen molar-refractivity contribution in [1.29, 1.82) is 0 Å². The summed E-state index contributed by atoms with van der Waals surface area (Å²) in [5, 5.41) is 0. The van der Waals surface area contributed by atoms with E-state index in [-0.39, 0.29) is 21.6 Å². The Balaban J connectivity index is 1.86. The Morgan fingerprint density at radius 2 is 1.62 bits per heavy atom. The first-order valence-electron chi connectivity index (χ1n) is 10.4. The smallest absolute Gasteiger partial charge is 0.396 e. The van der Waals surface area contributed by atoms with E-state index in [1.54, 1.807) is 24.3 Å². The van der Waals surface area contributed by atoms with E-state index in [1.165, 1.54) is 49.6 Å². The molecule has 9 heteroatoms. The summed E-state index contributed by atoms with van der Waals surface area (Å²) in [7, 11) is -2.79. The molecule has 0 radical (unpaired) electrons. The molecule has 0 atom stereocenters. The van der Waals surface area contributed by atoms with Crippen molar-refractivity contribution in [3.05, 3.63) is 87.6 Å². The van der Waals surface area contributed by atoms with E-state index in [9.17, 15) is 18.0 Å². The number of hydrogen-bond donors (Lipinski definition) is 0. The van der Waals surface area contributed by atoms with Crippen LogP contribution < -0.4 is 14.0 Å². The number of carbonyl (C=O) groups is 1. The summed E-state index contributed by atoms with van der Waals surface area (Å²) in [6, 6.07) is 17.0. The van der Waals surface area contributed by atoms with E-state index in [0.717, 1.165) is 21.2 Å². The zero-order valence-corrected chi connectivity index (χ0v) is 20.7. The van der Waals surface area contributed by atoms with E-state index in [0.29, 0.717) is 16.0 Å². The standard InChI is InChI=1S/C25H23NO6S2/c1-25(2,3)17-7-12-20(13-8-17)34(29,30)26(23(27)16-5-10-19(31-4)11-6-16)18-9-14-21-22(15-18)33-24(28)32-21/h5-15H,1-4H3. The van der Waals surface area contributed by atoms with Crippen LogP contribution in [0.25, 0.3) is 10.3 Å². The van der Waals surface area contributed by atoms with Crippen molar-refractivity contribution in [2.75, 3.05) is 11.4 Å². The highest BCUT2D eigenvalue weighted by atomic mass is 32.2. The maximum atomic E-state index is 13.8. The van der Waals surface area contributed by atoms with Crippen LogP contribution in [0.3, 0.4) is 0 Å². The molecule has 34 heavy (non-hydrogen) atoms. The Hall–Kier alpha value is -3.43. The van der Waals surface area contributed by atoms with Crippen LogP contribution in [0, 0.1) is 0 Å². The number of benzene rings is 3. The fourth-order valence-corrected chi connectivity index (χ4v) is 5.54. The van der Waals surface area contributed by atoms with Crippen molar-refractivity contribution in [2.24, 2.45) is 0 Å². The molecule has 0 aliphatic heterocycles. The molecule has 0 spiro atoms. The van der Waals surface area contributed by atoms with Crippen LogP contribution in [0.2, 0.25) is 0 Å². The second-order valence-corrected chi connectivity index (χ2v) is 11.4. The highest BCUT2D eigenvalue weighted by Gasteiger charge is 2.32. The van der Waals surface area contributed by atoms with Gasteiger partial charge in [-0.25, -0.2) is 13.2 Å². The van der Waals surface area contributed by atoms with Crippen LogP contribution in [0.15, 0.2) is 80.8 Å². The van der Waals surface area contributed by atoms with E-state index < -0.39 is 20.9 Å². The molecule has 0 N–H and O–H groups in total. The van der Waals surface area contributed by atoms with Crippen LogP contribution in [0.4, 0.5) is 5.69 Å². The first-order valence-corrected chi connectivity index (χ1v) is 12.6. The van der Waals surface area contributed by atoms with Crippen molar-refractivity contribution in [2.45, 2.75) is 31.1 Å². The molecule has 4 aromatic rings. The molecule has 1 heterocycles. The highest BCUT2D eigenvalue weighted by molar-refractivity contribution is 7.93. The van der Waals surface area contributed by atoms with Gasteiger partial charge >= 0.3 is 4.94 Å². The second-order valence-electron chi connectivity index (χ2n) is 8.66. The second kappa shape index (κ2) is 8.73. The number of hydrogen-bond acceptors (Lipinski definition) is 7. The van der Waals surface area contributed by atoms with Gasteiger partial charge in [-0.3, -0.25) is 4.79 Å². The Bertz CT molecular complexity index is 1510. The van der Waals surface area contributed by atoms with E-state index in [4.69, 9.17) is 9.15 Å². The molecule has 7 nitrogen and oxygen atoms in total. The average molecular weight is 498 g/mol. The zero-order chi connectivity index (χ0) is 24.7. The summed E-state index contributed by atoms with van der Waals surface area (Å²) >= 11 is 0.836. The number of amides is 1. The van der Waals surface area contributed by atoms with Crippen LogP contribution in [0.5, 0.6) is 5.75 Å². The number of carbonyl (C=O) groups excluding carboxylic acids is 1. The molecule has 0 fully saturated rings. The molecule has 1 amide bonds. The predicted octanol–water partition coefficient (Wildman–Crippen LogP) is 5.20. The molecular formula is C25H23NO6S2. The number of sulfonamides is 1. The van der Waals surface area contributed by atoms with Gasteiger partial charge in [0.1, 0.15) is 11.3 Å². The van der Waals surface area contributed by atoms with Gasteiger partial charge in [0.15, 0.2) is 0 Å². The van der Waals surface area contributed by atoms with Gasteiger partial charge in [0.25, 0.3) is 15.9 Å². The maximum absolute atomic E-state index is 13.8. The maximum Gasteiger partial charge on any atom is 0.396 e. The van der Waals surface area contributed by atoms with Gasteiger partial charge in [-0.05, 0) is 65.6 Å². The minimum absolute atomic E-state index is 0.0251. The minimum Gasteiger partial charge on any atom is -0.497 e. The number of nitrogens with zero attached hydrogens (tertiary/aromatic N) is 1. The summed E-state index contributed by atoms with van der Waals surface area (Å²) in [6.45, 7) is 6.09. The first-order chi connectivity index (χ1) is 16.0. The summed E-state index contributed by atoms with van der Waals surface area (Å²) in [5.41, 5.74) is 1.39. The summed E-state index contributed by atoms with van der Waals surface area (Å²) in [5.74, 6) is -0.203. The molecule has 0 aliphatic carbocycles. The number of anilines is 1. The molecule has 176 valence electrons. The van der Waals surface area contributed by atoms with Gasteiger partial charge in [-0.1, -0.05) is 44.2 Å². The lowest BCUT2D eigenvalue weighted by Gasteiger charge is -2.24. The molecule has 0 saturated carbocycles.